The second-order valence-corrected chi connectivity index (χ2v) is 16.7. The number of aromatic amines is 1. The van der Waals surface area contributed by atoms with Gasteiger partial charge in [-0.15, -0.1) is 0 Å². The van der Waals surface area contributed by atoms with Crippen LogP contribution in [-0.2, 0) is 43.9 Å². The van der Waals surface area contributed by atoms with Gasteiger partial charge in [-0.2, -0.15) is 4.98 Å². The van der Waals surface area contributed by atoms with Crippen LogP contribution in [0.3, 0.4) is 0 Å². The van der Waals surface area contributed by atoms with Crippen molar-refractivity contribution in [2.24, 2.45) is 0 Å². The van der Waals surface area contributed by atoms with Crippen LogP contribution in [0.5, 0.6) is 0 Å². The SMILES string of the molecule is Nc1nc2c(ncn2[C@@H]2O[C@@H]3COP(=O)(O)O[C@@H]4C(COP(=S)(S)O[C@@H]2[C@@H]3F)O[C@@H](n2cnc3c(N)ncnc32)[C@H]4F)c(=O)[nH]1. The summed E-state index contributed by atoms with van der Waals surface area (Å²) in [5.74, 6) is -0.216. The maximum absolute atomic E-state index is 15.9. The third-order valence-electron chi connectivity index (χ3n) is 7.23. The van der Waals surface area contributed by atoms with E-state index in [1.165, 1.54) is 15.5 Å². The number of halogens is 2. The molecule has 7 rings (SSSR count). The van der Waals surface area contributed by atoms with Crippen LogP contribution in [0, 0.1) is 0 Å². The van der Waals surface area contributed by atoms with E-state index in [9.17, 15) is 14.3 Å². The fourth-order valence-electron chi connectivity index (χ4n) is 5.23. The first-order valence-electron chi connectivity index (χ1n) is 12.9. The fraction of sp³-hybridized carbons (Fsp3) is 0.500. The largest absolute Gasteiger partial charge is 0.472 e. The molecule has 3 unspecified atom stereocenters. The highest BCUT2D eigenvalue weighted by atomic mass is 32.9. The number of nitrogens with two attached hydrogens (primary N) is 2. The van der Waals surface area contributed by atoms with Crippen LogP contribution in [0.15, 0.2) is 23.8 Å². The molecule has 4 aromatic rings. The summed E-state index contributed by atoms with van der Waals surface area (Å²) in [5, 5.41) is 0. The second-order valence-electron chi connectivity index (χ2n) is 10.0. The number of aromatic nitrogens is 8. The van der Waals surface area contributed by atoms with Gasteiger partial charge in [-0.25, -0.2) is 33.3 Å². The minimum absolute atomic E-state index is 0.0338. The molecule has 0 spiro atoms. The zero-order chi connectivity index (χ0) is 31.8. The van der Waals surface area contributed by atoms with Crippen molar-refractivity contribution >= 4 is 71.7 Å². The Hall–Kier alpha value is -2.69. The van der Waals surface area contributed by atoms with Crippen LogP contribution < -0.4 is 17.0 Å². The van der Waals surface area contributed by atoms with Crippen molar-refractivity contribution in [2.45, 2.75) is 49.2 Å². The normalized spacial score (nSPS) is 37.7. The van der Waals surface area contributed by atoms with E-state index >= 15 is 8.78 Å². The Balaban J connectivity index is 1.21. The van der Waals surface area contributed by atoms with E-state index in [2.05, 4.69) is 42.2 Å². The molecule has 3 saturated heterocycles. The van der Waals surface area contributed by atoms with E-state index < -0.39 is 81.5 Å². The number of imidazole rings is 2. The van der Waals surface area contributed by atoms with Crippen molar-refractivity contribution in [3.8, 4) is 0 Å². The first kappa shape index (κ1) is 30.9. The van der Waals surface area contributed by atoms with Gasteiger partial charge in [0.25, 0.3) is 5.56 Å². The van der Waals surface area contributed by atoms with Gasteiger partial charge in [0.2, 0.25) is 11.6 Å². The number of fused-ring (bicyclic) bond motifs is 5. The smallest absolute Gasteiger partial charge is 0.382 e. The van der Waals surface area contributed by atoms with Gasteiger partial charge in [-0.3, -0.25) is 28.0 Å². The molecule has 25 heteroatoms. The van der Waals surface area contributed by atoms with Crippen molar-refractivity contribution in [1.82, 2.24) is 39.0 Å². The van der Waals surface area contributed by atoms with Crippen LogP contribution in [0.4, 0.5) is 20.5 Å². The van der Waals surface area contributed by atoms with Gasteiger partial charge in [0, 0.05) is 0 Å². The number of rotatable bonds is 2. The lowest BCUT2D eigenvalue weighted by Gasteiger charge is -2.27. The van der Waals surface area contributed by atoms with Crippen LogP contribution in [0.25, 0.3) is 22.3 Å². The summed E-state index contributed by atoms with van der Waals surface area (Å²) in [5.41, 5.74) is 7.22. The highest BCUT2D eigenvalue weighted by molar-refractivity contribution is 8.60. The number of nitrogens with zero attached hydrogens (tertiary/aromatic N) is 7. The van der Waals surface area contributed by atoms with Gasteiger partial charge >= 0.3 is 7.82 Å². The number of alkyl halides is 2. The van der Waals surface area contributed by atoms with E-state index in [0.717, 1.165) is 12.7 Å². The molecular formula is C20H22F2N10O9P2S2. The molecule has 4 aromatic heterocycles. The Morgan fingerprint density at radius 2 is 1.64 bits per heavy atom. The van der Waals surface area contributed by atoms with Gasteiger partial charge in [0.05, 0.1) is 25.9 Å². The highest BCUT2D eigenvalue weighted by Crippen LogP contribution is 2.59. The van der Waals surface area contributed by atoms with Gasteiger partial charge in [-0.1, -0.05) is 12.2 Å². The van der Waals surface area contributed by atoms with Crippen molar-refractivity contribution in [2.75, 3.05) is 24.7 Å². The molecule has 6 N–H and O–H groups in total. The first-order chi connectivity index (χ1) is 21.3. The lowest BCUT2D eigenvalue weighted by molar-refractivity contribution is -0.0590. The van der Waals surface area contributed by atoms with E-state index in [1.54, 1.807) is 0 Å². The molecule has 3 aliphatic rings. The predicted molar refractivity (Wildman–Crippen MR) is 155 cm³/mol. The first-order valence-corrected chi connectivity index (χ1v) is 18.2. The monoisotopic (exact) mass is 710 g/mol. The number of nitrogens with one attached hydrogen (secondary N) is 1. The number of thiol groups is 1. The number of hydrogen-bond donors (Lipinski definition) is 5. The summed E-state index contributed by atoms with van der Waals surface area (Å²) in [7, 11) is -5.11. The Morgan fingerprint density at radius 1 is 0.956 bits per heavy atom. The Morgan fingerprint density at radius 3 is 2.42 bits per heavy atom. The van der Waals surface area contributed by atoms with Gasteiger partial charge in [0.15, 0.2) is 47.4 Å². The lowest BCUT2D eigenvalue weighted by atomic mass is 10.1. The van der Waals surface area contributed by atoms with Gasteiger partial charge in [0.1, 0.15) is 36.3 Å². The molecule has 7 heterocycles. The summed E-state index contributed by atoms with van der Waals surface area (Å²) >= 11 is 9.76. The number of nitrogen functional groups attached to an aromatic ring is 2. The summed E-state index contributed by atoms with van der Waals surface area (Å²) in [6.07, 6.45) is -9.82. The van der Waals surface area contributed by atoms with Gasteiger partial charge < -0.3 is 34.9 Å². The molecule has 0 amide bonds. The molecule has 3 fully saturated rings. The fourth-order valence-corrected chi connectivity index (χ4v) is 8.12. The lowest BCUT2D eigenvalue weighted by Crippen LogP contribution is -2.34. The molecule has 10 atom stereocenters. The molecule has 3 aliphatic heterocycles. The minimum Gasteiger partial charge on any atom is -0.382 e. The Labute approximate surface area is 259 Å². The quantitative estimate of drug-likeness (QED) is 0.142. The van der Waals surface area contributed by atoms with Crippen molar-refractivity contribution in [1.29, 1.82) is 0 Å². The molecule has 0 saturated carbocycles. The van der Waals surface area contributed by atoms with Crippen LogP contribution >= 0.6 is 25.8 Å². The molecule has 0 aromatic carbocycles. The van der Waals surface area contributed by atoms with Gasteiger partial charge in [-0.05, 0) is 11.8 Å². The Kier molecular flexibility index (Phi) is 7.72. The molecule has 0 radical (unpaired) electrons. The Bertz CT molecular complexity index is 1950. The van der Waals surface area contributed by atoms with Crippen LogP contribution in [0.2, 0.25) is 0 Å². The number of H-pyrrole nitrogens is 1. The predicted octanol–water partition coefficient (Wildman–Crippen LogP) is 0.667. The zero-order valence-corrected chi connectivity index (χ0v) is 25.8. The number of anilines is 2. The van der Waals surface area contributed by atoms with E-state index in [1.807, 2.05) is 0 Å². The molecule has 45 heavy (non-hydrogen) atoms. The average molecular weight is 711 g/mol. The highest BCUT2D eigenvalue weighted by Gasteiger charge is 2.54. The van der Waals surface area contributed by atoms with E-state index in [4.69, 9.17) is 50.8 Å². The van der Waals surface area contributed by atoms with E-state index in [0.29, 0.717) is 0 Å². The average Bonchev–Trinajstić information content (AvgIpc) is 3.72. The number of phosphoric ester groups is 1. The van der Waals surface area contributed by atoms with Crippen molar-refractivity contribution in [3.05, 3.63) is 29.3 Å². The maximum atomic E-state index is 15.9. The van der Waals surface area contributed by atoms with E-state index in [-0.39, 0.29) is 34.1 Å². The second kappa shape index (κ2) is 11.2. The maximum Gasteiger partial charge on any atom is 0.472 e. The molecule has 2 bridgehead atoms. The third-order valence-corrected chi connectivity index (χ3v) is 10.4. The zero-order valence-electron chi connectivity index (χ0n) is 22.3. The summed E-state index contributed by atoms with van der Waals surface area (Å²) in [4.78, 5) is 45.2. The van der Waals surface area contributed by atoms with Crippen molar-refractivity contribution in [3.63, 3.8) is 0 Å². The number of hydrogen-bond acceptors (Lipinski definition) is 16. The summed E-state index contributed by atoms with van der Waals surface area (Å²) < 4.78 is 80.7. The third kappa shape index (κ3) is 5.54. The number of phosphoric acid groups is 1. The standard InChI is InChI=1S/C20H22F2N10O9P2S2/c21-8-6-1-36-42(34,35)40-12-7(39-18(9(12)22)31-4-27-10-14(23)25-3-26-15(10)31)2-37-43(44,45)41-13(8)19(38-6)32-5-28-11-16(32)29-20(24)30-17(11)33/h3-9,12-13,18-19H,1-2H2,(H,34,35)(H,44,45)(H2,23,25,26)(H3,24,29,30,33)/t6-,7?,8-,9+,12-,13-,18-,19-/m1/s1. The molecular weight excluding hydrogens is 688 g/mol. The molecule has 0 aliphatic carbocycles. The van der Waals surface area contributed by atoms with Crippen molar-refractivity contribution < 1.29 is 45.8 Å². The van der Waals surface area contributed by atoms with Crippen LogP contribution in [-0.4, -0.2) is 93.9 Å². The minimum atomic E-state index is -5.11. The molecule has 19 nitrogen and oxygen atoms in total. The summed E-state index contributed by atoms with van der Waals surface area (Å²) in [6.45, 7) is -1.43. The topological polar surface area (TPSA) is 252 Å². The molecule has 242 valence electrons. The van der Waals surface area contributed by atoms with Crippen LogP contribution in [0.1, 0.15) is 12.5 Å². The number of ether oxygens (including phenoxy) is 2. The summed E-state index contributed by atoms with van der Waals surface area (Å²) in [6, 6.07) is 0.